The van der Waals surface area contributed by atoms with Crippen LogP contribution in [0.4, 0.5) is 0 Å². The largest absolute Gasteiger partial charge is 0.467 e. The number of carbonyl (C=O) groups excluding carboxylic acids is 3. The first-order chi connectivity index (χ1) is 20.9. The highest BCUT2D eigenvalue weighted by atomic mass is 28.4. The van der Waals surface area contributed by atoms with Crippen LogP contribution in [0.3, 0.4) is 0 Å². The summed E-state index contributed by atoms with van der Waals surface area (Å²) in [6.45, 7) is 17.0. The second kappa shape index (κ2) is 19.4. The first-order valence-corrected chi connectivity index (χ1v) is 21.8. The van der Waals surface area contributed by atoms with Crippen LogP contribution in [-0.2, 0) is 39.1 Å². The first-order valence-electron chi connectivity index (χ1n) is 16.7. The van der Waals surface area contributed by atoms with Gasteiger partial charge < -0.3 is 18.3 Å². The normalized spacial score (nSPS) is 15.3. The van der Waals surface area contributed by atoms with E-state index in [0.29, 0.717) is 30.5 Å². The molecule has 0 radical (unpaired) electrons. The van der Waals surface area contributed by atoms with Crippen molar-refractivity contribution in [3.05, 3.63) is 47.5 Å². The van der Waals surface area contributed by atoms with Crippen LogP contribution in [0.15, 0.2) is 42.0 Å². The van der Waals surface area contributed by atoms with Crippen molar-refractivity contribution in [3.8, 4) is 0 Å². The predicted octanol–water partition coefficient (Wildman–Crippen LogP) is 8.44. The maximum Gasteiger partial charge on any atom is 0.378 e. The van der Waals surface area contributed by atoms with E-state index < -0.39 is 40.0 Å². The van der Waals surface area contributed by atoms with Crippen LogP contribution < -0.4 is 0 Å². The molecule has 0 aromatic heterocycles. The fourth-order valence-corrected chi connectivity index (χ4v) is 12.1. The SMILES string of the molecule is CC[Si](CC)(CC)OC(CC/C(C)=C/[C@H](C)Cc1ccccc1)CC[C@](O[Si](CC)(CC)CC)(C(=O)OC)C(=O)C(=O)OC. The van der Waals surface area contributed by atoms with Gasteiger partial charge in [0.25, 0.3) is 5.78 Å². The molecule has 0 fully saturated rings. The van der Waals surface area contributed by atoms with Crippen molar-refractivity contribution in [3.63, 3.8) is 0 Å². The molecule has 1 aromatic rings. The molecule has 0 aliphatic carbocycles. The Hall–Kier alpha value is -2.08. The number of hydrogen-bond acceptors (Lipinski definition) is 7. The summed E-state index contributed by atoms with van der Waals surface area (Å²) in [7, 11) is -2.20. The topological polar surface area (TPSA) is 88.1 Å². The second-order valence-corrected chi connectivity index (χ2v) is 21.6. The molecule has 44 heavy (non-hydrogen) atoms. The number of allylic oxidation sites excluding steroid dienone is 2. The fourth-order valence-electron chi connectivity index (χ4n) is 6.19. The van der Waals surface area contributed by atoms with E-state index in [9.17, 15) is 14.4 Å². The lowest BCUT2D eigenvalue weighted by Crippen LogP contribution is -2.59. The Morgan fingerprint density at radius 2 is 1.36 bits per heavy atom. The molecule has 0 saturated carbocycles. The summed E-state index contributed by atoms with van der Waals surface area (Å²) in [5.41, 5.74) is 0.547. The third kappa shape index (κ3) is 11.1. The minimum Gasteiger partial charge on any atom is -0.467 e. The van der Waals surface area contributed by atoms with Crippen molar-refractivity contribution in [2.24, 2.45) is 5.92 Å². The monoisotopic (exact) mass is 648 g/mol. The molecule has 0 bridgehead atoms. The van der Waals surface area contributed by atoms with E-state index in [1.807, 2.05) is 26.8 Å². The van der Waals surface area contributed by atoms with Gasteiger partial charge in [0.2, 0.25) is 5.60 Å². The Labute approximate surface area is 269 Å². The minimum atomic E-state index is -2.55. The molecule has 3 atom stereocenters. The lowest BCUT2D eigenvalue weighted by Gasteiger charge is -2.40. The maximum atomic E-state index is 13.7. The van der Waals surface area contributed by atoms with Gasteiger partial charge >= 0.3 is 11.9 Å². The number of hydrogen-bond donors (Lipinski definition) is 0. The number of methoxy groups -OCH3 is 2. The Bertz CT molecular complexity index is 1030. The molecule has 0 heterocycles. The number of benzene rings is 1. The summed E-state index contributed by atoms with van der Waals surface area (Å²) in [6, 6.07) is 15.6. The molecule has 250 valence electrons. The molecule has 1 rings (SSSR count). The summed E-state index contributed by atoms with van der Waals surface area (Å²) in [6.07, 6.45) is 5.08. The average Bonchev–Trinajstić information content (AvgIpc) is 3.05. The lowest BCUT2D eigenvalue weighted by atomic mass is 9.89. The zero-order chi connectivity index (χ0) is 33.4. The van der Waals surface area contributed by atoms with Gasteiger partial charge in [0.1, 0.15) is 0 Å². The van der Waals surface area contributed by atoms with Gasteiger partial charge in [-0.25, -0.2) is 9.59 Å². The summed E-state index contributed by atoms with van der Waals surface area (Å²) in [4.78, 5) is 40.0. The van der Waals surface area contributed by atoms with Gasteiger partial charge in [-0.1, -0.05) is 90.4 Å². The van der Waals surface area contributed by atoms with E-state index in [1.165, 1.54) is 18.2 Å². The Morgan fingerprint density at radius 1 is 0.818 bits per heavy atom. The molecule has 0 aliphatic rings. The number of esters is 2. The molecule has 0 saturated heterocycles. The van der Waals surface area contributed by atoms with Gasteiger partial charge in [0.15, 0.2) is 16.6 Å². The van der Waals surface area contributed by atoms with E-state index in [-0.39, 0.29) is 12.5 Å². The van der Waals surface area contributed by atoms with Gasteiger partial charge in [0, 0.05) is 6.10 Å². The van der Waals surface area contributed by atoms with Gasteiger partial charge in [-0.2, -0.15) is 0 Å². The van der Waals surface area contributed by atoms with Crippen molar-refractivity contribution in [1.82, 2.24) is 0 Å². The molecule has 0 N–H and O–H groups in total. The summed E-state index contributed by atoms with van der Waals surface area (Å²) in [5.74, 6) is -2.53. The summed E-state index contributed by atoms with van der Waals surface area (Å²) >= 11 is 0. The Morgan fingerprint density at radius 3 is 1.84 bits per heavy atom. The smallest absolute Gasteiger partial charge is 0.378 e. The number of ketones is 1. The van der Waals surface area contributed by atoms with Crippen LogP contribution in [0, 0.1) is 5.92 Å². The number of carbonyl (C=O) groups is 3. The number of rotatable bonds is 22. The number of ether oxygens (including phenoxy) is 2. The highest BCUT2D eigenvalue weighted by Crippen LogP contribution is 2.35. The Kier molecular flexibility index (Phi) is 17.7. The van der Waals surface area contributed by atoms with Crippen LogP contribution in [0.25, 0.3) is 0 Å². The zero-order valence-corrected chi connectivity index (χ0v) is 31.3. The average molecular weight is 649 g/mol. The maximum absolute atomic E-state index is 13.7. The van der Waals surface area contributed by atoms with Gasteiger partial charge in [-0.3, -0.25) is 4.79 Å². The molecule has 9 heteroatoms. The van der Waals surface area contributed by atoms with Crippen LogP contribution in [0.1, 0.15) is 86.6 Å². The van der Waals surface area contributed by atoms with E-state index in [0.717, 1.165) is 44.5 Å². The second-order valence-electron chi connectivity index (χ2n) is 12.2. The van der Waals surface area contributed by atoms with Crippen LogP contribution >= 0.6 is 0 Å². The molecule has 0 aliphatic heterocycles. The lowest BCUT2D eigenvalue weighted by molar-refractivity contribution is -0.174. The van der Waals surface area contributed by atoms with E-state index in [4.69, 9.17) is 18.3 Å². The molecule has 1 aromatic carbocycles. The van der Waals surface area contributed by atoms with Crippen molar-refractivity contribution in [1.29, 1.82) is 0 Å². The van der Waals surface area contributed by atoms with Crippen molar-refractivity contribution in [2.75, 3.05) is 14.2 Å². The van der Waals surface area contributed by atoms with Gasteiger partial charge in [0.05, 0.1) is 14.2 Å². The van der Waals surface area contributed by atoms with Crippen molar-refractivity contribution in [2.45, 2.75) is 135 Å². The minimum absolute atomic E-state index is 0.00180. The van der Waals surface area contributed by atoms with Crippen LogP contribution in [0.2, 0.25) is 36.3 Å². The van der Waals surface area contributed by atoms with Gasteiger partial charge in [-0.15, -0.1) is 0 Å². The van der Waals surface area contributed by atoms with Crippen molar-refractivity contribution < 1.29 is 32.7 Å². The van der Waals surface area contributed by atoms with E-state index in [1.54, 1.807) is 0 Å². The third-order valence-electron chi connectivity index (χ3n) is 9.57. The highest BCUT2D eigenvalue weighted by Gasteiger charge is 2.55. The molecular formula is C35H60O7Si2. The standard InChI is InChI=1S/C35H60O7Si2/c1-11-43(12-2,13-3)41-31(23-22-28(7)26-29(8)27-30-20-18-17-19-21-30)24-25-35(34(38)40-10,32(36)33(37)39-9)42-44(14-4,15-5)16-6/h17-21,26,29,31H,11-16,22-25,27H2,1-10H3/b28-26+/t29-,31?,35+/m0/s1. The summed E-state index contributed by atoms with van der Waals surface area (Å²) < 4.78 is 23.7. The number of Topliss-reactive ketones (excluding diaryl/α,β-unsaturated/α-hetero) is 1. The highest BCUT2D eigenvalue weighted by molar-refractivity contribution is 6.74. The molecule has 0 spiro atoms. The molecule has 0 amide bonds. The zero-order valence-electron chi connectivity index (χ0n) is 29.3. The third-order valence-corrected chi connectivity index (χ3v) is 18.9. The van der Waals surface area contributed by atoms with E-state index in [2.05, 4.69) is 65.0 Å². The Balaban J connectivity index is 3.43. The van der Waals surface area contributed by atoms with Crippen LogP contribution in [-0.4, -0.2) is 60.3 Å². The quantitative estimate of drug-likeness (QED) is 0.0410. The van der Waals surface area contributed by atoms with Gasteiger partial charge in [-0.05, 0) is 86.8 Å². The van der Waals surface area contributed by atoms with Crippen molar-refractivity contribution >= 4 is 34.4 Å². The summed E-state index contributed by atoms with van der Waals surface area (Å²) in [5, 5.41) is 0. The molecule has 7 nitrogen and oxygen atoms in total. The first kappa shape index (κ1) is 39.9. The van der Waals surface area contributed by atoms with Crippen LogP contribution in [0.5, 0.6) is 0 Å². The molecular weight excluding hydrogens is 589 g/mol. The van der Waals surface area contributed by atoms with E-state index >= 15 is 0 Å². The predicted molar refractivity (Wildman–Crippen MR) is 184 cm³/mol. The molecule has 1 unspecified atom stereocenters. The fraction of sp³-hybridized carbons (Fsp3) is 0.686.